The van der Waals surface area contributed by atoms with E-state index in [1.165, 1.54) is 24.3 Å². The number of Topliss-reactive ketones (excluding diaryl/α,β-unsaturated/α-hetero) is 1. The van der Waals surface area contributed by atoms with Crippen LogP contribution in [0.2, 0.25) is 0 Å². The molecule has 0 spiro atoms. The van der Waals surface area contributed by atoms with E-state index in [-0.39, 0.29) is 18.7 Å². The van der Waals surface area contributed by atoms with Crippen LogP contribution < -0.4 is 0 Å². The predicted molar refractivity (Wildman–Crippen MR) is 76.4 cm³/mol. The second-order valence-corrected chi connectivity index (χ2v) is 4.76. The van der Waals surface area contributed by atoms with Crippen LogP contribution in [0.3, 0.4) is 0 Å². The summed E-state index contributed by atoms with van der Waals surface area (Å²) in [4.78, 5) is 22.5. The molecule has 0 heterocycles. The van der Waals surface area contributed by atoms with Crippen molar-refractivity contribution >= 4 is 5.78 Å². The average Bonchev–Trinajstić information content (AvgIpc) is 2.48. The van der Waals surface area contributed by atoms with Crippen molar-refractivity contribution in [3.63, 3.8) is 0 Å². The van der Waals surface area contributed by atoms with Gasteiger partial charge in [-0.2, -0.15) is 0 Å². The Morgan fingerprint density at radius 2 is 1.71 bits per heavy atom. The van der Waals surface area contributed by atoms with Crippen molar-refractivity contribution in [1.29, 1.82) is 0 Å². The van der Waals surface area contributed by atoms with Gasteiger partial charge in [-0.25, -0.2) is 4.39 Å². The Morgan fingerprint density at radius 1 is 1.10 bits per heavy atom. The van der Waals surface area contributed by atoms with Crippen LogP contribution in [-0.4, -0.2) is 17.3 Å². The molecule has 0 aliphatic rings. The molecule has 0 aromatic heterocycles. The van der Waals surface area contributed by atoms with Crippen LogP contribution in [-0.2, 0) is 0 Å². The van der Waals surface area contributed by atoms with Gasteiger partial charge in [-0.15, -0.1) is 0 Å². The van der Waals surface area contributed by atoms with Crippen molar-refractivity contribution in [2.75, 3.05) is 6.54 Å². The molecule has 4 nitrogen and oxygen atoms in total. The minimum atomic E-state index is -0.562. The number of benzene rings is 2. The lowest BCUT2D eigenvalue weighted by molar-refractivity contribution is -0.483. The smallest absolute Gasteiger partial charge is 0.211 e. The molecule has 0 fully saturated rings. The molecule has 0 radical (unpaired) electrons. The lowest BCUT2D eigenvalue weighted by Gasteiger charge is -2.12. The van der Waals surface area contributed by atoms with E-state index >= 15 is 0 Å². The molecule has 0 saturated carbocycles. The van der Waals surface area contributed by atoms with Crippen molar-refractivity contribution in [2.45, 2.75) is 12.3 Å². The maximum atomic E-state index is 12.9. The van der Waals surface area contributed by atoms with E-state index in [0.29, 0.717) is 11.1 Å². The Balaban J connectivity index is 2.18. The van der Waals surface area contributed by atoms with Gasteiger partial charge in [-0.3, -0.25) is 14.9 Å². The van der Waals surface area contributed by atoms with Crippen LogP contribution in [0.4, 0.5) is 4.39 Å². The molecule has 2 aromatic carbocycles. The van der Waals surface area contributed by atoms with Gasteiger partial charge in [0.05, 0.1) is 5.92 Å². The van der Waals surface area contributed by atoms with E-state index in [0.717, 1.165) is 0 Å². The summed E-state index contributed by atoms with van der Waals surface area (Å²) in [7, 11) is 0. The normalized spacial score (nSPS) is 11.9. The highest BCUT2D eigenvalue weighted by Gasteiger charge is 2.22. The number of halogens is 1. The molecule has 2 rings (SSSR count). The Kier molecular flexibility index (Phi) is 4.77. The van der Waals surface area contributed by atoms with Crippen molar-refractivity contribution in [3.05, 3.63) is 81.7 Å². The van der Waals surface area contributed by atoms with E-state index in [2.05, 4.69) is 0 Å². The largest absolute Gasteiger partial charge is 0.294 e. The third-order valence-electron chi connectivity index (χ3n) is 3.24. The highest BCUT2D eigenvalue weighted by molar-refractivity contribution is 5.96. The van der Waals surface area contributed by atoms with Gasteiger partial charge >= 0.3 is 0 Å². The van der Waals surface area contributed by atoms with Gasteiger partial charge < -0.3 is 0 Å². The number of nitrogens with zero attached hydrogens (tertiary/aromatic N) is 1. The Morgan fingerprint density at radius 3 is 2.29 bits per heavy atom. The topological polar surface area (TPSA) is 60.2 Å². The molecular weight excluding hydrogens is 273 g/mol. The maximum Gasteiger partial charge on any atom is 0.211 e. The quantitative estimate of drug-likeness (QED) is 0.464. The minimum absolute atomic E-state index is 0.0244. The number of hydrogen-bond donors (Lipinski definition) is 0. The summed E-state index contributed by atoms with van der Waals surface area (Å²) < 4.78 is 12.9. The van der Waals surface area contributed by atoms with E-state index < -0.39 is 16.7 Å². The first-order valence-corrected chi connectivity index (χ1v) is 6.52. The number of nitro groups is 1. The number of carbonyl (C=O) groups is 1. The van der Waals surface area contributed by atoms with Crippen LogP contribution in [0.5, 0.6) is 0 Å². The van der Waals surface area contributed by atoms with Crippen molar-refractivity contribution in [2.24, 2.45) is 0 Å². The number of carbonyl (C=O) groups excluding carboxylic acids is 1. The Bertz CT molecular complexity index is 626. The number of rotatable bonds is 6. The fourth-order valence-electron chi connectivity index (χ4n) is 2.17. The average molecular weight is 287 g/mol. The Hall–Kier alpha value is -2.56. The van der Waals surface area contributed by atoms with Gasteiger partial charge in [-0.1, -0.05) is 42.5 Å². The van der Waals surface area contributed by atoms with E-state index in [4.69, 9.17) is 0 Å². The summed E-state index contributed by atoms with van der Waals surface area (Å²) in [6.07, 6.45) is 0.0244. The molecule has 0 N–H and O–H groups in total. The summed E-state index contributed by atoms with van der Waals surface area (Å²) in [5.41, 5.74) is 1.12. The van der Waals surface area contributed by atoms with Crippen molar-refractivity contribution in [1.82, 2.24) is 0 Å². The molecular formula is C16H14FNO3. The van der Waals surface area contributed by atoms with Crippen LogP contribution in [0.25, 0.3) is 0 Å². The maximum absolute atomic E-state index is 12.9. The molecule has 0 aliphatic carbocycles. The van der Waals surface area contributed by atoms with Crippen molar-refractivity contribution < 1.29 is 14.1 Å². The first-order valence-electron chi connectivity index (χ1n) is 6.52. The molecule has 0 bridgehead atoms. The highest BCUT2D eigenvalue weighted by atomic mass is 19.1. The van der Waals surface area contributed by atoms with Gasteiger partial charge in [-0.05, 0) is 17.7 Å². The zero-order chi connectivity index (χ0) is 15.2. The van der Waals surface area contributed by atoms with Crippen LogP contribution in [0.15, 0.2) is 54.6 Å². The first kappa shape index (κ1) is 14.8. The molecule has 1 atom stereocenters. The van der Waals surface area contributed by atoms with Gasteiger partial charge in [0.2, 0.25) is 6.54 Å². The van der Waals surface area contributed by atoms with E-state index in [1.807, 2.05) is 0 Å². The first-order chi connectivity index (χ1) is 10.1. The summed E-state index contributed by atoms with van der Waals surface area (Å²) in [6, 6.07) is 14.1. The van der Waals surface area contributed by atoms with Gasteiger partial charge in [0, 0.05) is 16.9 Å². The number of hydrogen-bond acceptors (Lipinski definition) is 3. The van der Waals surface area contributed by atoms with E-state index in [1.54, 1.807) is 30.3 Å². The van der Waals surface area contributed by atoms with E-state index in [9.17, 15) is 19.3 Å². The second-order valence-electron chi connectivity index (χ2n) is 4.76. The zero-order valence-corrected chi connectivity index (χ0v) is 11.2. The second kappa shape index (κ2) is 6.74. The molecule has 0 saturated heterocycles. The molecule has 108 valence electrons. The zero-order valence-electron chi connectivity index (χ0n) is 11.2. The fraction of sp³-hybridized carbons (Fsp3) is 0.188. The molecule has 0 unspecified atom stereocenters. The van der Waals surface area contributed by atoms with Crippen LogP contribution >= 0.6 is 0 Å². The predicted octanol–water partition coefficient (Wildman–Crippen LogP) is 3.46. The van der Waals surface area contributed by atoms with Gasteiger partial charge in [0.15, 0.2) is 5.78 Å². The monoisotopic (exact) mass is 287 g/mol. The molecule has 0 amide bonds. The Labute approximate surface area is 121 Å². The molecule has 21 heavy (non-hydrogen) atoms. The highest BCUT2D eigenvalue weighted by Crippen LogP contribution is 2.22. The third kappa shape index (κ3) is 4.21. The molecule has 2 aromatic rings. The SMILES string of the molecule is O=C(C[C@@H](C[N+](=O)[O-])c1ccc(F)cc1)c1ccccc1. The van der Waals surface area contributed by atoms with Gasteiger partial charge in [0.1, 0.15) is 5.82 Å². The minimum Gasteiger partial charge on any atom is -0.294 e. The summed E-state index contributed by atoms with van der Waals surface area (Å²) in [5, 5.41) is 10.8. The standard InChI is InChI=1S/C16H14FNO3/c17-15-8-6-12(7-9-15)14(11-18(20)21)10-16(19)13-4-2-1-3-5-13/h1-9,14H,10-11H2/t14-/m0/s1. The third-order valence-corrected chi connectivity index (χ3v) is 3.24. The number of ketones is 1. The summed E-state index contributed by atoms with van der Waals surface area (Å²) in [6.45, 7) is -0.357. The lowest BCUT2D eigenvalue weighted by atomic mass is 9.91. The molecule has 5 heteroatoms. The summed E-state index contributed by atoms with van der Waals surface area (Å²) >= 11 is 0. The van der Waals surface area contributed by atoms with Crippen LogP contribution in [0.1, 0.15) is 28.3 Å². The summed E-state index contributed by atoms with van der Waals surface area (Å²) in [5.74, 6) is -1.13. The van der Waals surface area contributed by atoms with Crippen molar-refractivity contribution in [3.8, 4) is 0 Å². The van der Waals surface area contributed by atoms with Gasteiger partial charge in [0.25, 0.3) is 0 Å². The molecule has 0 aliphatic heterocycles. The van der Waals surface area contributed by atoms with Crippen LogP contribution in [0, 0.1) is 15.9 Å². The lowest BCUT2D eigenvalue weighted by Crippen LogP contribution is -2.16. The fourth-order valence-corrected chi connectivity index (χ4v) is 2.17.